The number of nitrogens with one attached hydrogen (secondary N) is 1. The highest BCUT2D eigenvalue weighted by atomic mass is 79.9. The lowest BCUT2D eigenvalue weighted by molar-refractivity contribution is -0.125. The van der Waals surface area contributed by atoms with Crippen molar-refractivity contribution in [3.8, 4) is 5.75 Å². The molecule has 1 amide bonds. The lowest BCUT2D eigenvalue weighted by Gasteiger charge is -2.31. The van der Waals surface area contributed by atoms with Gasteiger partial charge in [0, 0.05) is 11.5 Å². The lowest BCUT2D eigenvalue weighted by Crippen LogP contribution is -2.42. The SMILES string of the molecule is Cc1ccc(NS(=O)(=O)c2cc(Br)cc3c2OC(C)C(=O)N3C)cc1F. The molecule has 0 fully saturated rings. The van der Waals surface area contributed by atoms with Gasteiger partial charge in [-0.25, -0.2) is 12.8 Å². The molecule has 3 rings (SSSR count). The number of fused-ring (bicyclic) bond motifs is 1. The first-order valence-corrected chi connectivity index (χ1v) is 9.94. The van der Waals surface area contributed by atoms with Crippen molar-refractivity contribution < 1.29 is 22.3 Å². The van der Waals surface area contributed by atoms with Gasteiger partial charge < -0.3 is 9.64 Å². The van der Waals surface area contributed by atoms with Gasteiger partial charge in [0.25, 0.3) is 15.9 Å². The first-order chi connectivity index (χ1) is 12.1. The Bertz CT molecular complexity index is 1010. The molecule has 1 N–H and O–H groups in total. The van der Waals surface area contributed by atoms with Crippen molar-refractivity contribution in [2.24, 2.45) is 0 Å². The molecular formula is C17H16BrFN2O4S. The number of anilines is 2. The molecule has 0 radical (unpaired) electrons. The highest BCUT2D eigenvalue weighted by molar-refractivity contribution is 9.10. The first kappa shape index (κ1) is 18.7. The summed E-state index contributed by atoms with van der Waals surface area (Å²) >= 11 is 3.26. The molecule has 2 aromatic carbocycles. The van der Waals surface area contributed by atoms with E-state index in [0.717, 1.165) is 6.07 Å². The largest absolute Gasteiger partial charge is 0.477 e. The predicted molar refractivity (Wildman–Crippen MR) is 99.6 cm³/mol. The molecule has 1 aliphatic heterocycles. The number of ether oxygens (including phenoxy) is 1. The summed E-state index contributed by atoms with van der Waals surface area (Å²) in [6, 6.07) is 7.04. The number of carbonyl (C=O) groups excluding carboxylic acids is 1. The predicted octanol–water partition coefficient (Wildman–Crippen LogP) is 3.44. The van der Waals surface area contributed by atoms with Gasteiger partial charge in [-0.2, -0.15) is 0 Å². The quantitative estimate of drug-likeness (QED) is 0.789. The van der Waals surface area contributed by atoms with E-state index in [9.17, 15) is 17.6 Å². The number of aryl methyl sites for hydroxylation is 1. The molecule has 0 spiro atoms. The number of halogens is 2. The van der Waals surface area contributed by atoms with Crippen LogP contribution in [0.4, 0.5) is 15.8 Å². The van der Waals surface area contributed by atoms with Crippen molar-refractivity contribution in [2.75, 3.05) is 16.7 Å². The normalized spacial score (nSPS) is 16.9. The highest BCUT2D eigenvalue weighted by Crippen LogP contribution is 2.41. The Labute approximate surface area is 159 Å². The second kappa shape index (κ2) is 6.55. The van der Waals surface area contributed by atoms with Crippen molar-refractivity contribution in [3.05, 3.63) is 46.2 Å². The molecule has 138 valence electrons. The number of nitrogens with zero attached hydrogens (tertiary/aromatic N) is 1. The molecule has 1 heterocycles. The third-order valence-electron chi connectivity index (χ3n) is 4.05. The van der Waals surface area contributed by atoms with E-state index in [0.29, 0.717) is 15.7 Å². The number of sulfonamides is 1. The molecule has 1 unspecified atom stereocenters. The maximum Gasteiger partial charge on any atom is 0.267 e. The standard InChI is InChI=1S/C17H16BrFN2O4S/c1-9-4-5-12(8-13(9)19)20-26(23,24)15-7-11(18)6-14-16(15)25-10(2)17(22)21(14)3/h4-8,10,20H,1-3H3. The zero-order chi connectivity index (χ0) is 19.2. The fraction of sp³-hybridized carbons (Fsp3) is 0.235. The number of hydrogen-bond acceptors (Lipinski definition) is 4. The Hall–Kier alpha value is -2.13. The minimum atomic E-state index is -4.08. The number of benzene rings is 2. The van der Waals surface area contributed by atoms with Crippen LogP contribution in [0.15, 0.2) is 39.7 Å². The van der Waals surface area contributed by atoms with Gasteiger partial charge in [-0.15, -0.1) is 0 Å². The van der Waals surface area contributed by atoms with E-state index >= 15 is 0 Å². The minimum Gasteiger partial charge on any atom is -0.477 e. The van der Waals surface area contributed by atoms with Crippen LogP contribution in [-0.4, -0.2) is 27.5 Å². The Morgan fingerprint density at radius 1 is 1.27 bits per heavy atom. The molecule has 0 saturated heterocycles. The Morgan fingerprint density at radius 3 is 2.62 bits per heavy atom. The topological polar surface area (TPSA) is 75.7 Å². The summed E-state index contributed by atoms with van der Waals surface area (Å²) in [4.78, 5) is 13.3. The fourth-order valence-corrected chi connectivity index (χ4v) is 4.43. The molecule has 2 aromatic rings. The van der Waals surface area contributed by atoms with Gasteiger partial charge in [0.1, 0.15) is 10.7 Å². The van der Waals surface area contributed by atoms with Crippen LogP contribution in [0, 0.1) is 12.7 Å². The number of amides is 1. The Kier molecular flexibility index (Phi) is 4.70. The zero-order valence-corrected chi connectivity index (χ0v) is 16.6. The summed E-state index contributed by atoms with van der Waals surface area (Å²) in [6.07, 6.45) is -0.820. The monoisotopic (exact) mass is 442 g/mol. The molecule has 0 saturated carbocycles. The maximum absolute atomic E-state index is 13.7. The Morgan fingerprint density at radius 2 is 1.96 bits per heavy atom. The summed E-state index contributed by atoms with van der Waals surface area (Å²) in [5.74, 6) is -0.730. The average molecular weight is 443 g/mol. The molecule has 0 bridgehead atoms. The molecule has 1 aliphatic rings. The molecule has 0 aromatic heterocycles. The summed E-state index contributed by atoms with van der Waals surface area (Å²) in [5.41, 5.74) is 0.832. The van der Waals surface area contributed by atoms with Crippen LogP contribution in [0.2, 0.25) is 0 Å². The highest BCUT2D eigenvalue weighted by Gasteiger charge is 2.34. The smallest absolute Gasteiger partial charge is 0.267 e. The lowest BCUT2D eigenvalue weighted by atomic mass is 10.2. The van der Waals surface area contributed by atoms with Crippen molar-refractivity contribution in [3.63, 3.8) is 0 Å². The van der Waals surface area contributed by atoms with Crippen LogP contribution in [0.1, 0.15) is 12.5 Å². The summed E-state index contributed by atoms with van der Waals surface area (Å²) in [7, 11) is -2.53. The Balaban J connectivity index is 2.09. The molecule has 0 aliphatic carbocycles. The van der Waals surface area contributed by atoms with Crippen LogP contribution in [0.5, 0.6) is 5.75 Å². The molecule has 9 heteroatoms. The van der Waals surface area contributed by atoms with Crippen LogP contribution < -0.4 is 14.4 Å². The third-order valence-corrected chi connectivity index (χ3v) is 5.89. The van der Waals surface area contributed by atoms with E-state index in [1.54, 1.807) is 27.0 Å². The maximum atomic E-state index is 13.7. The van der Waals surface area contributed by atoms with Crippen molar-refractivity contribution in [2.45, 2.75) is 24.8 Å². The first-order valence-electron chi connectivity index (χ1n) is 7.67. The summed E-state index contributed by atoms with van der Waals surface area (Å²) in [6.45, 7) is 3.13. The zero-order valence-electron chi connectivity index (χ0n) is 14.2. The minimum absolute atomic E-state index is 0.0721. The van der Waals surface area contributed by atoms with Gasteiger partial charge in [-0.3, -0.25) is 9.52 Å². The molecule has 6 nitrogen and oxygen atoms in total. The second-order valence-electron chi connectivity index (χ2n) is 5.98. The number of carbonyl (C=O) groups is 1. The van der Waals surface area contributed by atoms with Crippen LogP contribution in [0.25, 0.3) is 0 Å². The van der Waals surface area contributed by atoms with Gasteiger partial charge in [0.05, 0.1) is 11.4 Å². The number of likely N-dealkylation sites (N-methyl/N-ethyl adjacent to an activating group) is 1. The molecule has 1 atom stereocenters. The average Bonchev–Trinajstić information content (AvgIpc) is 2.56. The van der Waals surface area contributed by atoms with Gasteiger partial charge in [0.15, 0.2) is 11.9 Å². The fourth-order valence-electron chi connectivity index (χ4n) is 2.61. The van der Waals surface area contributed by atoms with Gasteiger partial charge in [-0.1, -0.05) is 22.0 Å². The van der Waals surface area contributed by atoms with Gasteiger partial charge >= 0.3 is 0 Å². The molecular weight excluding hydrogens is 427 g/mol. The van der Waals surface area contributed by atoms with E-state index in [-0.39, 0.29) is 22.2 Å². The second-order valence-corrected chi connectivity index (χ2v) is 8.55. The third kappa shape index (κ3) is 3.28. The van der Waals surface area contributed by atoms with Crippen molar-refractivity contribution in [1.82, 2.24) is 0 Å². The van der Waals surface area contributed by atoms with Gasteiger partial charge in [-0.05, 0) is 43.7 Å². The van der Waals surface area contributed by atoms with E-state index in [1.807, 2.05) is 0 Å². The summed E-state index contributed by atoms with van der Waals surface area (Å²) in [5, 5.41) is 0. The van der Waals surface area contributed by atoms with E-state index in [1.165, 1.54) is 23.1 Å². The van der Waals surface area contributed by atoms with Crippen molar-refractivity contribution >= 4 is 43.2 Å². The molecule has 26 heavy (non-hydrogen) atoms. The van der Waals surface area contributed by atoms with Crippen LogP contribution in [0.3, 0.4) is 0 Å². The summed E-state index contributed by atoms with van der Waals surface area (Å²) < 4.78 is 47.9. The van der Waals surface area contributed by atoms with Crippen molar-refractivity contribution in [1.29, 1.82) is 0 Å². The number of rotatable bonds is 3. The van der Waals surface area contributed by atoms with E-state index in [2.05, 4.69) is 20.7 Å². The van der Waals surface area contributed by atoms with Gasteiger partial charge in [0.2, 0.25) is 0 Å². The van der Waals surface area contributed by atoms with Crippen LogP contribution in [-0.2, 0) is 14.8 Å². The van der Waals surface area contributed by atoms with E-state index < -0.39 is 21.9 Å². The number of hydrogen-bond donors (Lipinski definition) is 1. The van der Waals surface area contributed by atoms with Crippen LogP contribution >= 0.6 is 15.9 Å². The van der Waals surface area contributed by atoms with E-state index in [4.69, 9.17) is 4.74 Å².